The molecule has 4 saturated carbocycles. The highest BCUT2D eigenvalue weighted by Gasteiger charge is 2.33. The molecular formula is C84H96. The molecule has 0 spiro atoms. The fourth-order valence-electron chi connectivity index (χ4n) is 17.7. The van der Waals surface area contributed by atoms with Crippen LogP contribution < -0.4 is 0 Å². The van der Waals surface area contributed by atoms with E-state index in [1.807, 2.05) is 0 Å². The molecule has 0 aliphatic heterocycles. The molecule has 8 bridgehead atoms. The molecule has 0 aromatic heterocycles. The summed E-state index contributed by atoms with van der Waals surface area (Å²) in [5.74, 6) is 2.77. The number of fused-ring (bicyclic) bond motifs is 8. The molecule has 0 radical (unpaired) electrons. The van der Waals surface area contributed by atoms with Crippen LogP contribution in [0.3, 0.4) is 0 Å². The van der Waals surface area contributed by atoms with Crippen molar-refractivity contribution in [2.45, 2.75) is 231 Å². The van der Waals surface area contributed by atoms with Crippen LogP contribution in [0, 0.1) is 55.4 Å². The van der Waals surface area contributed by atoms with E-state index < -0.39 is 0 Å². The second kappa shape index (κ2) is 24.6. The summed E-state index contributed by atoms with van der Waals surface area (Å²) in [7, 11) is 0. The Morgan fingerprint density at radius 3 is 0.476 bits per heavy atom. The molecule has 0 atom stereocenters. The Balaban J connectivity index is 1.09. The summed E-state index contributed by atoms with van der Waals surface area (Å²) in [6.45, 7) is 19.3. The smallest absolute Gasteiger partial charge is 0.0345 e. The summed E-state index contributed by atoms with van der Waals surface area (Å²) in [5.41, 5.74) is 34.1. The third-order valence-electron chi connectivity index (χ3n) is 22.5. The molecule has 0 unspecified atom stereocenters. The van der Waals surface area contributed by atoms with Crippen molar-refractivity contribution in [1.82, 2.24) is 0 Å². The fraction of sp³-hybridized carbons (Fsp3) is 0.429. The Bertz CT molecular complexity index is 3010. The van der Waals surface area contributed by atoms with Crippen molar-refractivity contribution < 1.29 is 0 Å². The Morgan fingerprint density at radius 1 is 0.179 bits per heavy atom. The van der Waals surface area contributed by atoms with Crippen molar-refractivity contribution in [3.05, 3.63) is 279 Å². The molecule has 0 amide bonds. The van der Waals surface area contributed by atoms with E-state index in [1.165, 1.54) is 262 Å². The summed E-state index contributed by atoms with van der Waals surface area (Å²) in [5, 5.41) is 0. The van der Waals surface area contributed by atoms with Gasteiger partial charge in [-0.1, -0.05) is 223 Å². The van der Waals surface area contributed by atoms with Crippen molar-refractivity contribution in [2.75, 3.05) is 0 Å². The van der Waals surface area contributed by atoms with Crippen molar-refractivity contribution in [1.29, 1.82) is 0 Å². The SMILES string of the molecule is Cc1cc(C)c2cc1C(c1ccc(C3CCCCC3)cc1)c1cc(c(C)cc1C)C(c1ccc(C3CCCCC3)cc1)c1cc(c(C)cc1C)C(c1ccc(C3CCCCC3)cc1)c1cc(c(C)cc1C)C2c1ccc(C2CCCCC2)cc1. The van der Waals surface area contributed by atoms with E-state index in [4.69, 9.17) is 0 Å². The molecule has 0 heterocycles. The van der Waals surface area contributed by atoms with Crippen LogP contribution >= 0.6 is 0 Å². The molecule has 5 aliphatic rings. The third kappa shape index (κ3) is 11.3. The lowest BCUT2D eigenvalue weighted by Crippen LogP contribution is -2.17. The quantitative estimate of drug-likeness (QED) is 0.142. The first-order valence-electron chi connectivity index (χ1n) is 33.8. The van der Waals surface area contributed by atoms with E-state index in [0.717, 1.165) is 0 Å². The van der Waals surface area contributed by atoms with Crippen molar-refractivity contribution >= 4 is 0 Å². The standard InChI is InChI=1S/C84H96/c1-53-45-54(2)74-49-73(53)81(69-37-29-65(30-38-69)61-21-13-9-14-22-61)75-50-76(56(4)46-55(75)3)83(71-41-33-67(34-42-71)63-25-17-11-18-26-63)79-52-80(60(8)48-59(79)7)84(72-43-35-68(36-44-72)64-27-19-12-20-28-64)78-51-77(57(5)47-58(78)6)82(74)70-39-31-66(32-40-70)62-23-15-10-16-24-62/h29-52,61-64,81-84H,9-28H2,1-8H3. The molecule has 13 rings (SSSR count). The van der Waals surface area contributed by atoms with Gasteiger partial charge in [-0.3, -0.25) is 0 Å². The lowest BCUT2D eigenvalue weighted by Gasteiger charge is -2.32. The third-order valence-corrected chi connectivity index (χ3v) is 22.5. The average molecular weight is 1110 g/mol. The first-order chi connectivity index (χ1) is 40.9. The molecule has 0 saturated heterocycles. The van der Waals surface area contributed by atoms with Gasteiger partial charge in [0.1, 0.15) is 0 Å². The van der Waals surface area contributed by atoms with Crippen LogP contribution in [0.25, 0.3) is 0 Å². The van der Waals surface area contributed by atoms with Gasteiger partial charge >= 0.3 is 0 Å². The van der Waals surface area contributed by atoms with Gasteiger partial charge in [0.2, 0.25) is 0 Å². The van der Waals surface area contributed by atoms with Gasteiger partial charge in [-0.2, -0.15) is 0 Å². The largest absolute Gasteiger partial charge is 0.0585 e. The monoisotopic (exact) mass is 1100 g/mol. The maximum Gasteiger partial charge on any atom is 0.0345 e. The molecule has 0 N–H and O–H groups in total. The summed E-state index contributed by atoms with van der Waals surface area (Å²) >= 11 is 0. The second-order valence-corrected chi connectivity index (χ2v) is 28.0. The number of benzene rings is 8. The first kappa shape index (κ1) is 56.9. The molecule has 8 aromatic carbocycles. The number of aryl methyl sites for hydroxylation is 8. The minimum Gasteiger partial charge on any atom is -0.0585 e. The van der Waals surface area contributed by atoms with Crippen molar-refractivity contribution in [2.24, 2.45) is 0 Å². The summed E-state index contributed by atoms with van der Waals surface area (Å²) < 4.78 is 0. The van der Waals surface area contributed by atoms with E-state index in [9.17, 15) is 0 Å². The predicted molar refractivity (Wildman–Crippen MR) is 357 cm³/mol. The van der Waals surface area contributed by atoms with E-state index >= 15 is 0 Å². The van der Waals surface area contributed by atoms with Gasteiger partial charge in [0.15, 0.2) is 0 Å². The number of rotatable bonds is 8. The van der Waals surface area contributed by atoms with E-state index in [-0.39, 0.29) is 23.7 Å². The number of hydrogen-bond donors (Lipinski definition) is 0. The first-order valence-corrected chi connectivity index (χ1v) is 33.8. The zero-order valence-corrected chi connectivity index (χ0v) is 52.6. The highest BCUT2D eigenvalue weighted by atomic mass is 14.4. The molecule has 4 fully saturated rings. The van der Waals surface area contributed by atoms with E-state index in [2.05, 4.69) is 201 Å². The minimum absolute atomic E-state index is 0.0333. The van der Waals surface area contributed by atoms with Gasteiger partial charge in [-0.15, -0.1) is 0 Å². The van der Waals surface area contributed by atoms with Gasteiger partial charge in [-0.05, 0) is 264 Å². The van der Waals surface area contributed by atoms with Crippen molar-refractivity contribution in [3.63, 3.8) is 0 Å². The Kier molecular flexibility index (Phi) is 16.7. The summed E-state index contributed by atoms with van der Waals surface area (Å²) in [4.78, 5) is 0. The van der Waals surface area contributed by atoms with E-state index in [1.54, 1.807) is 0 Å². The Morgan fingerprint density at radius 2 is 0.321 bits per heavy atom. The van der Waals surface area contributed by atoms with Crippen LogP contribution in [-0.2, 0) is 0 Å². The molecule has 84 heavy (non-hydrogen) atoms. The van der Waals surface area contributed by atoms with Gasteiger partial charge in [-0.25, -0.2) is 0 Å². The number of hydrogen-bond acceptors (Lipinski definition) is 0. The van der Waals surface area contributed by atoms with Crippen LogP contribution in [0.15, 0.2) is 146 Å². The zero-order chi connectivity index (χ0) is 57.6. The highest BCUT2D eigenvalue weighted by molar-refractivity contribution is 5.63. The molecule has 8 aromatic rings. The van der Waals surface area contributed by atoms with Gasteiger partial charge in [0.25, 0.3) is 0 Å². The van der Waals surface area contributed by atoms with Crippen LogP contribution in [0.5, 0.6) is 0 Å². The second-order valence-electron chi connectivity index (χ2n) is 28.0. The van der Waals surface area contributed by atoms with Gasteiger partial charge < -0.3 is 0 Å². The molecule has 0 nitrogen and oxygen atoms in total. The lowest BCUT2D eigenvalue weighted by molar-refractivity contribution is 0.443. The lowest BCUT2D eigenvalue weighted by atomic mass is 9.71. The van der Waals surface area contributed by atoms with E-state index in [0.29, 0.717) is 23.7 Å². The topological polar surface area (TPSA) is 0 Å². The summed E-state index contributed by atoms with van der Waals surface area (Å²) in [6, 6.07) is 61.7. The van der Waals surface area contributed by atoms with Gasteiger partial charge in [0.05, 0.1) is 0 Å². The fourth-order valence-corrected chi connectivity index (χ4v) is 17.7. The van der Waals surface area contributed by atoms with Crippen molar-refractivity contribution in [3.8, 4) is 0 Å². The Labute approximate surface area is 507 Å². The molecular weight excluding hydrogens is 1010 g/mol. The van der Waals surface area contributed by atoms with Crippen LogP contribution in [0.1, 0.15) is 309 Å². The van der Waals surface area contributed by atoms with Crippen LogP contribution in [-0.4, -0.2) is 0 Å². The average Bonchev–Trinajstić information content (AvgIpc) is 2.11. The normalized spacial score (nSPS) is 21.1. The summed E-state index contributed by atoms with van der Waals surface area (Å²) in [6.07, 6.45) is 26.7. The van der Waals surface area contributed by atoms with Crippen LogP contribution in [0.4, 0.5) is 0 Å². The Hall–Kier alpha value is -6.24. The maximum atomic E-state index is 2.72. The highest BCUT2D eigenvalue weighted by Crippen LogP contribution is 2.49. The minimum atomic E-state index is 0.0333. The maximum absolute atomic E-state index is 2.72. The zero-order valence-electron chi connectivity index (χ0n) is 52.6. The molecule has 0 heteroatoms. The molecule has 5 aliphatic carbocycles. The van der Waals surface area contributed by atoms with Crippen LogP contribution in [0.2, 0.25) is 0 Å². The predicted octanol–water partition coefficient (Wildman–Crippen LogP) is 23.4. The van der Waals surface area contributed by atoms with Gasteiger partial charge in [0, 0.05) is 23.7 Å². The molecule has 432 valence electrons.